The van der Waals surface area contributed by atoms with Gasteiger partial charge in [-0.25, -0.2) is 0 Å². The molecule has 0 fully saturated rings. The summed E-state index contributed by atoms with van der Waals surface area (Å²) in [6, 6.07) is 7.69. The van der Waals surface area contributed by atoms with E-state index in [0.29, 0.717) is 6.54 Å². The second-order valence-corrected chi connectivity index (χ2v) is 5.47. The lowest BCUT2D eigenvalue weighted by Gasteiger charge is -2.19. The highest BCUT2D eigenvalue weighted by Crippen LogP contribution is 2.13. The highest BCUT2D eigenvalue weighted by atomic mass is 16.5. The molecular weight excluding hydrogens is 266 g/mol. The van der Waals surface area contributed by atoms with Crippen molar-refractivity contribution in [3.8, 4) is 5.75 Å². The molecule has 21 heavy (non-hydrogen) atoms. The van der Waals surface area contributed by atoms with Crippen LogP contribution >= 0.6 is 0 Å². The maximum absolute atomic E-state index is 11.7. The monoisotopic (exact) mass is 293 g/mol. The van der Waals surface area contributed by atoms with Gasteiger partial charge in [-0.1, -0.05) is 39.3 Å². The van der Waals surface area contributed by atoms with Gasteiger partial charge < -0.3 is 14.8 Å². The zero-order valence-corrected chi connectivity index (χ0v) is 13.5. The summed E-state index contributed by atoms with van der Waals surface area (Å²) in [6.45, 7) is 7.53. The van der Waals surface area contributed by atoms with Gasteiger partial charge in [0.25, 0.3) is 0 Å². The number of benzene rings is 1. The van der Waals surface area contributed by atoms with Gasteiger partial charge in [-0.05, 0) is 30.0 Å². The molecule has 4 heteroatoms. The van der Waals surface area contributed by atoms with E-state index in [2.05, 4.69) is 12.2 Å². The molecule has 1 aromatic carbocycles. The van der Waals surface area contributed by atoms with Gasteiger partial charge >= 0.3 is 5.97 Å². The highest BCUT2D eigenvalue weighted by Gasteiger charge is 2.21. The fourth-order valence-corrected chi connectivity index (χ4v) is 1.98. The van der Waals surface area contributed by atoms with Crippen LogP contribution in [0.2, 0.25) is 0 Å². The SMILES string of the molecule is CCCCOc1ccc(CN[C@H](C(=O)OC)C(C)C)cc1. The first kappa shape index (κ1) is 17.5. The van der Waals surface area contributed by atoms with Gasteiger partial charge in [-0.3, -0.25) is 4.79 Å². The van der Waals surface area contributed by atoms with Crippen molar-refractivity contribution in [1.29, 1.82) is 0 Å². The predicted molar refractivity (Wildman–Crippen MR) is 84.3 cm³/mol. The minimum Gasteiger partial charge on any atom is -0.494 e. The average Bonchev–Trinajstić information content (AvgIpc) is 2.48. The van der Waals surface area contributed by atoms with E-state index in [4.69, 9.17) is 9.47 Å². The smallest absolute Gasteiger partial charge is 0.323 e. The van der Waals surface area contributed by atoms with Crippen molar-refractivity contribution in [2.75, 3.05) is 13.7 Å². The molecular formula is C17H27NO3. The maximum Gasteiger partial charge on any atom is 0.323 e. The molecule has 0 aliphatic carbocycles. The van der Waals surface area contributed by atoms with E-state index < -0.39 is 0 Å². The van der Waals surface area contributed by atoms with Crippen LogP contribution in [0.3, 0.4) is 0 Å². The van der Waals surface area contributed by atoms with Crippen molar-refractivity contribution in [2.24, 2.45) is 5.92 Å². The molecule has 0 unspecified atom stereocenters. The Morgan fingerprint density at radius 2 is 1.90 bits per heavy atom. The Labute approximate surface area is 127 Å². The molecule has 0 spiro atoms. The lowest BCUT2D eigenvalue weighted by molar-refractivity contribution is -0.144. The van der Waals surface area contributed by atoms with E-state index in [1.54, 1.807) is 0 Å². The van der Waals surface area contributed by atoms with Gasteiger partial charge in [0.15, 0.2) is 0 Å². The summed E-state index contributed by atoms with van der Waals surface area (Å²) in [7, 11) is 1.42. The standard InChI is InChI=1S/C17H27NO3/c1-5-6-11-21-15-9-7-14(8-10-15)12-18-16(13(2)3)17(19)20-4/h7-10,13,16,18H,5-6,11-12H2,1-4H3/t16-/m0/s1. The quantitative estimate of drug-likeness (QED) is 0.561. The normalized spacial score (nSPS) is 12.2. The van der Waals surface area contributed by atoms with Crippen molar-refractivity contribution in [3.05, 3.63) is 29.8 Å². The first-order valence-corrected chi connectivity index (χ1v) is 7.61. The maximum atomic E-state index is 11.7. The largest absolute Gasteiger partial charge is 0.494 e. The molecule has 1 N–H and O–H groups in total. The average molecular weight is 293 g/mol. The molecule has 1 aromatic rings. The summed E-state index contributed by atoms with van der Waals surface area (Å²) in [6.07, 6.45) is 2.20. The van der Waals surface area contributed by atoms with E-state index >= 15 is 0 Å². The van der Waals surface area contributed by atoms with Crippen molar-refractivity contribution in [3.63, 3.8) is 0 Å². The van der Waals surface area contributed by atoms with E-state index in [9.17, 15) is 4.79 Å². The van der Waals surface area contributed by atoms with E-state index in [0.717, 1.165) is 30.8 Å². The number of rotatable bonds is 9. The molecule has 118 valence electrons. The first-order chi connectivity index (χ1) is 10.1. The third-order valence-corrected chi connectivity index (χ3v) is 3.34. The number of unbranched alkanes of at least 4 members (excludes halogenated alkanes) is 1. The van der Waals surface area contributed by atoms with Crippen LogP contribution in [0.4, 0.5) is 0 Å². The van der Waals surface area contributed by atoms with Gasteiger partial charge in [0.2, 0.25) is 0 Å². The molecule has 4 nitrogen and oxygen atoms in total. The van der Waals surface area contributed by atoms with Gasteiger partial charge in [0, 0.05) is 6.54 Å². The Morgan fingerprint density at radius 1 is 1.24 bits per heavy atom. The van der Waals surface area contributed by atoms with Gasteiger partial charge in [-0.15, -0.1) is 0 Å². The molecule has 1 atom stereocenters. The van der Waals surface area contributed by atoms with Crippen LogP contribution in [0.1, 0.15) is 39.2 Å². The second kappa shape index (κ2) is 9.40. The molecule has 0 aliphatic heterocycles. The van der Waals surface area contributed by atoms with Crippen LogP contribution in [0.5, 0.6) is 5.75 Å². The molecule has 0 bridgehead atoms. The van der Waals surface area contributed by atoms with Crippen LogP contribution in [0.15, 0.2) is 24.3 Å². The minimum absolute atomic E-state index is 0.189. The minimum atomic E-state index is -0.282. The number of carbonyl (C=O) groups excluding carboxylic acids is 1. The zero-order valence-electron chi connectivity index (χ0n) is 13.5. The Morgan fingerprint density at radius 3 is 2.43 bits per heavy atom. The predicted octanol–water partition coefficient (Wildman–Crippen LogP) is 3.15. The van der Waals surface area contributed by atoms with E-state index in [1.807, 2.05) is 38.1 Å². The van der Waals surface area contributed by atoms with Crippen molar-refractivity contribution in [2.45, 2.75) is 46.2 Å². The highest BCUT2D eigenvalue weighted by molar-refractivity contribution is 5.75. The fourth-order valence-electron chi connectivity index (χ4n) is 1.98. The third kappa shape index (κ3) is 6.17. The lowest BCUT2D eigenvalue weighted by atomic mass is 10.0. The van der Waals surface area contributed by atoms with Gasteiger partial charge in [0.05, 0.1) is 13.7 Å². The molecule has 0 saturated heterocycles. The molecule has 0 aliphatic rings. The van der Waals surface area contributed by atoms with Crippen LogP contribution in [-0.2, 0) is 16.1 Å². The van der Waals surface area contributed by atoms with Crippen LogP contribution in [0, 0.1) is 5.92 Å². The van der Waals surface area contributed by atoms with Crippen LogP contribution < -0.4 is 10.1 Å². The summed E-state index contributed by atoms with van der Waals surface area (Å²) in [5.74, 6) is 0.860. The van der Waals surface area contributed by atoms with Crippen molar-refractivity contribution < 1.29 is 14.3 Å². The summed E-state index contributed by atoms with van der Waals surface area (Å²) < 4.78 is 10.4. The Hall–Kier alpha value is -1.55. The zero-order chi connectivity index (χ0) is 15.7. The Bertz CT molecular complexity index is 415. The van der Waals surface area contributed by atoms with Gasteiger partial charge in [0.1, 0.15) is 11.8 Å². The molecule has 1 rings (SSSR count). The molecule has 0 aromatic heterocycles. The molecule has 0 heterocycles. The third-order valence-electron chi connectivity index (χ3n) is 3.34. The Kier molecular flexibility index (Phi) is 7.83. The topological polar surface area (TPSA) is 47.6 Å². The van der Waals surface area contributed by atoms with E-state index in [1.165, 1.54) is 7.11 Å². The number of esters is 1. The number of hydrogen-bond acceptors (Lipinski definition) is 4. The number of ether oxygens (including phenoxy) is 2. The summed E-state index contributed by atoms with van der Waals surface area (Å²) in [4.78, 5) is 11.7. The lowest BCUT2D eigenvalue weighted by Crippen LogP contribution is -2.41. The molecule has 0 saturated carbocycles. The van der Waals surface area contributed by atoms with Crippen LogP contribution in [-0.4, -0.2) is 25.7 Å². The summed E-state index contributed by atoms with van der Waals surface area (Å²) in [5.41, 5.74) is 1.12. The second-order valence-electron chi connectivity index (χ2n) is 5.47. The first-order valence-electron chi connectivity index (χ1n) is 7.61. The number of nitrogens with one attached hydrogen (secondary N) is 1. The fraction of sp³-hybridized carbons (Fsp3) is 0.588. The number of carbonyl (C=O) groups is 1. The number of hydrogen-bond donors (Lipinski definition) is 1. The van der Waals surface area contributed by atoms with Crippen molar-refractivity contribution >= 4 is 5.97 Å². The molecule has 0 radical (unpaired) electrons. The van der Waals surface area contributed by atoms with Crippen molar-refractivity contribution in [1.82, 2.24) is 5.32 Å². The number of methoxy groups -OCH3 is 1. The summed E-state index contributed by atoms with van der Waals surface area (Å²) in [5, 5.41) is 3.24. The molecule has 0 amide bonds. The van der Waals surface area contributed by atoms with Gasteiger partial charge in [-0.2, -0.15) is 0 Å². The summed E-state index contributed by atoms with van der Waals surface area (Å²) >= 11 is 0. The Balaban J connectivity index is 2.49. The van der Waals surface area contributed by atoms with E-state index in [-0.39, 0.29) is 17.9 Å². The van der Waals surface area contributed by atoms with Crippen LogP contribution in [0.25, 0.3) is 0 Å².